The molecule has 88 valence electrons. The van der Waals surface area contributed by atoms with Gasteiger partial charge in [-0.05, 0) is 25.3 Å². The number of pyridine rings is 1. The Labute approximate surface area is 99.0 Å². The van der Waals surface area contributed by atoms with Crippen molar-refractivity contribution in [2.24, 2.45) is 0 Å². The van der Waals surface area contributed by atoms with E-state index in [-0.39, 0.29) is 18.0 Å². The molecule has 2 atom stereocenters. The number of methoxy groups -OCH3 is 1. The van der Waals surface area contributed by atoms with Gasteiger partial charge in [-0.2, -0.15) is 0 Å². The van der Waals surface area contributed by atoms with Crippen LogP contribution in [-0.2, 0) is 4.74 Å². The van der Waals surface area contributed by atoms with Crippen LogP contribution in [-0.4, -0.2) is 24.2 Å². The van der Waals surface area contributed by atoms with Crippen molar-refractivity contribution in [2.75, 3.05) is 12.4 Å². The molecule has 2 rings (SSSR count). The molecule has 1 N–H and O–H groups in total. The lowest BCUT2D eigenvalue weighted by atomic mass is 10.2. The second kappa shape index (κ2) is 4.97. The number of nitrogens with one attached hydrogen (secondary N) is 1. The van der Waals surface area contributed by atoms with Crippen LogP contribution in [0.15, 0.2) is 12.3 Å². The quantitative estimate of drug-likeness (QED) is 0.888. The van der Waals surface area contributed by atoms with Crippen LogP contribution in [0.1, 0.15) is 19.3 Å². The molecule has 1 aromatic heterocycles. The second-order valence-electron chi connectivity index (χ2n) is 3.94. The van der Waals surface area contributed by atoms with Gasteiger partial charge in [-0.1, -0.05) is 11.6 Å². The SMILES string of the molecule is COC1CCCC1Nc1ncc(Cl)cc1F. The summed E-state index contributed by atoms with van der Waals surface area (Å²) >= 11 is 5.63. The highest BCUT2D eigenvalue weighted by molar-refractivity contribution is 6.30. The molecule has 2 unspecified atom stereocenters. The van der Waals surface area contributed by atoms with E-state index in [2.05, 4.69) is 10.3 Å². The number of ether oxygens (including phenoxy) is 1. The first-order chi connectivity index (χ1) is 7.70. The Hall–Kier alpha value is -0.870. The Balaban J connectivity index is 2.08. The van der Waals surface area contributed by atoms with Crippen LogP contribution in [0.4, 0.5) is 10.2 Å². The number of aromatic nitrogens is 1. The fourth-order valence-corrected chi connectivity index (χ4v) is 2.21. The third-order valence-corrected chi connectivity index (χ3v) is 3.09. The van der Waals surface area contributed by atoms with Crippen LogP contribution in [0.5, 0.6) is 0 Å². The fraction of sp³-hybridized carbons (Fsp3) is 0.545. The molecule has 0 saturated heterocycles. The Morgan fingerprint density at radius 2 is 2.38 bits per heavy atom. The van der Waals surface area contributed by atoms with E-state index < -0.39 is 5.82 Å². The Morgan fingerprint density at radius 3 is 3.06 bits per heavy atom. The predicted octanol–water partition coefficient (Wildman–Crippen LogP) is 2.85. The average molecular weight is 245 g/mol. The van der Waals surface area contributed by atoms with Crippen molar-refractivity contribution < 1.29 is 9.13 Å². The minimum atomic E-state index is -0.422. The fourth-order valence-electron chi connectivity index (χ4n) is 2.07. The van der Waals surface area contributed by atoms with Crippen molar-refractivity contribution >= 4 is 17.4 Å². The number of anilines is 1. The summed E-state index contributed by atoms with van der Waals surface area (Å²) in [5.41, 5.74) is 0. The molecule has 1 fully saturated rings. The highest BCUT2D eigenvalue weighted by Gasteiger charge is 2.27. The highest BCUT2D eigenvalue weighted by atomic mass is 35.5. The molecule has 0 aromatic carbocycles. The first-order valence-electron chi connectivity index (χ1n) is 5.31. The van der Waals surface area contributed by atoms with Gasteiger partial charge in [0.2, 0.25) is 0 Å². The van der Waals surface area contributed by atoms with Gasteiger partial charge in [-0.3, -0.25) is 0 Å². The molecule has 1 saturated carbocycles. The van der Waals surface area contributed by atoms with Gasteiger partial charge in [0.15, 0.2) is 11.6 Å². The van der Waals surface area contributed by atoms with E-state index in [0.29, 0.717) is 5.02 Å². The van der Waals surface area contributed by atoms with E-state index in [4.69, 9.17) is 16.3 Å². The minimum absolute atomic E-state index is 0.133. The maximum absolute atomic E-state index is 13.5. The van der Waals surface area contributed by atoms with Crippen molar-refractivity contribution in [2.45, 2.75) is 31.4 Å². The molecule has 0 amide bonds. The summed E-state index contributed by atoms with van der Waals surface area (Å²) in [6.07, 6.45) is 4.64. The third-order valence-electron chi connectivity index (χ3n) is 2.89. The van der Waals surface area contributed by atoms with Gasteiger partial charge in [0.05, 0.1) is 17.2 Å². The van der Waals surface area contributed by atoms with Gasteiger partial charge in [-0.25, -0.2) is 9.37 Å². The van der Waals surface area contributed by atoms with E-state index in [9.17, 15) is 4.39 Å². The number of hydrogen-bond acceptors (Lipinski definition) is 3. The van der Waals surface area contributed by atoms with Gasteiger partial charge < -0.3 is 10.1 Å². The first-order valence-corrected chi connectivity index (χ1v) is 5.69. The van der Waals surface area contributed by atoms with Crippen molar-refractivity contribution in [1.82, 2.24) is 4.98 Å². The zero-order valence-corrected chi connectivity index (χ0v) is 9.80. The van der Waals surface area contributed by atoms with Crippen LogP contribution < -0.4 is 5.32 Å². The molecule has 1 aliphatic carbocycles. The molecule has 1 heterocycles. The lowest BCUT2D eigenvalue weighted by Gasteiger charge is -2.20. The summed E-state index contributed by atoms with van der Waals surface area (Å²) in [6.45, 7) is 0. The molecule has 1 aromatic rings. The van der Waals surface area contributed by atoms with Gasteiger partial charge in [0, 0.05) is 13.3 Å². The van der Waals surface area contributed by atoms with Gasteiger partial charge >= 0.3 is 0 Å². The van der Waals surface area contributed by atoms with Crippen LogP contribution in [0, 0.1) is 5.82 Å². The molecular weight excluding hydrogens is 231 g/mol. The Kier molecular flexibility index (Phi) is 3.61. The molecule has 16 heavy (non-hydrogen) atoms. The molecule has 0 aliphatic heterocycles. The lowest BCUT2D eigenvalue weighted by Crippen LogP contribution is -2.30. The highest BCUT2D eigenvalue weighted by Crippen LogP contribution is 2.25. The summed E-state index contributed by atoms with van der Waals surface area (Å²) < 4.78 is 18.8. The second-order valence-corrected chi connectivity index (χ2v) is 4.38. The number of nitrogens with zero attached hydrogens (tertiary/aromatic N) is 1. The summed E-state index contributed by atoms with van der Waals surface area (Å²) in [7, 11) is 1.68. The number of hydrogen-bond donors (Lipinski definition) is 1. The Morgan fingerprint density at radius 1 is 1.56 bits per heavy atom. The summed E-state index contributed by atoms with van der Waals surface area (Å²) in [5.74, 6) is -0.174. The first kappa shape index (κ1) is 11.6. The van der Waals surface area contributed by atoms with Gasteiger partial charge in [0.1, 0.15) is 0 Å². The van der Waals surface area contributed by atoms with Crippen LogP contribution in [0.3, 0.4) is 0 Å². The largest absolute Gasteiger partial charge is 0.379 e. The zero-order valence-electron chi connectivity index (χ0n) is 9.04. The van der Waals surface area contributed by atoms with Crippen LogP contribution in [0.2, 0.25) is 5.02 Å². The normalized spacial score (nSPS) is 24.7. The predicted molar refractivity (Wildman–Crippen MR) is 61.3 cm³/mol. The number of halogens is 2. The molecule has 1 aliphatic rings. The van der Waals surface area contributed by atoms with E-state index in [1.807, 2.05) is 0 Å². The third kappa shape index (κ3) is 2.44. The maximum Gasteiger partial charge on any atom is 0.166 e. The topological polar surface area (TPSA) is 34.1 Å². The zero-order chi connectivity index (χ0) is 11.5. The van der Waals surface area contributed by atoms with Gasteiger partial charge in [0.25, 0.3) is 0 Å². The van der Waals surface area contributed by atoms with Crippen molar-refractivity contribution in [1.29, 1.82) is 0 Å². The minimum Gasteiger partial charge on any atom is -0.379 e. The van der Waals surface area contributed by atoms with E-state index in [1.54, 1.807) is 7.11 Å². The van der Waals surface area contributed by atoms with E-state index >= 15 is 0 Å². The molecule has 5 heteroatoms. The average Bonchev–Trinajstić information content (AvgIpc) is 2.69. The Bertz CT molecular complexity index is 375. The molecule has 0 spiro atoms. The molecule has 3 nitrogen and oxygen atoms in total. The number of rotatable bonds is 3. The molecule has 0 radical (unpaired) electrons. The summed E-state index contributed by atoms with van der Waals surface area (Å²) in [6, 6.07) is 1.39. The van der Waals surface area contributed by atoms with E-state index in [0.717, 1.165) is 19.3 Å². The van der Waals surface area contributed by atoms with Gasteiger partial charge in [-0.15, -0.1) is 0 Å². The smallest absolute Gasteiger partial charge is 0.166 e. The lowest BCUT2D eigenvalue weighted by molar-refractivity contribution is 0.101. The standard InChI is InChI=1S/C11H14ClFN2O/c1-16-10-4-2-3-9(10)15-11-8(13)5-7(12)6-14-11/h5-6,9-10H,2-4H2,1H3,(H,14,15). The summed E-state index contributed by atoms with van der Waals surface area (Å²) in [5, 5.41) is 3.37. The molecule has 0 bridgehead atoms. The van der Waals surface area contributed by atoms with Crippen molar-refractivity contribution in [3.05, 3.63) is 23.1 Å². The maximum atomic E-state index is 13.5. The van der Waals surface area contributed by atoms with Crippen LogP contribution >= 0.6 is 11.6 Å². The monoisotopic (exact) mass is 244 g/mol. The molecular formula is C11H14ClFN2O. The van der Waals surface area contributed by atoms with Crippen LogP contribution in [0.25, 0.3) is 0 Å². The van der Waals surface area contributed by atoms with Crippen molar-refractivity contribution in [3.63, 3.8) is 0 Å². The summed E-state index contributed by atoms with van der Waals surface area (Å²) in [4.78, 5) is 3.94. The van der Waals surface area contributed by atoms with Crippen molar-refractivity contribution in [3.8, 4) is 0 Å². The van der Waals surface area contributed by atoms with E-state index in [1.165, 1.54) is 12.3 Å².